The van der Waals surface area contributed by atoms with Crippen molar-refractivity contribution in [3.8, 4) is 0 Å². The average Bonchev–Trinajstić information content (AvgIpc) is 2.81. The fourth-order valence-electron chi connectivity index (χ4n) is 2.92. The van der Waals surface area contributed by atoms with E-state index in [9.17, 15) is 14.7 Å². The molecular weight excluding hydrogens is 282 g/mol. The van der Waals surface area contributed by atoms with E-state index in [1.165, 1.54) is 5.56 Å². The van der Waals surface area contributed by atoms with Gasteiger partial charge >= 0.3 is 12.1 Å². The van der Waals surface area contributed by atoms with Gasteiger partial charge in [-0.25, -0.2) is 4.79 Å². The first-order valence-electron chi connectivity index (χ1n) is 7.55. The van der Waals surface area contributed by atoms with Gasteiger partial charge in [0, 0.05) is 6.54 Å². The highest BCUT2D eigenvalue weighted by molar-refractivity contribution is 5.74. The third-order valence-corrected chi connectivity index (χ3v) is 3.85. The number of carbonyl (C=O) groups is 2. The fraction of sp³-hybridized carbons (Fsp3) is 0.529. The van der Waals surface area contributed by atoms with E-state index >= 15 is 0 Å². The number of carboxylic acids is 1. The SMILES string of the molecule is CC(C)(C)OC(=O)NCC(C(=O)O)C1CCc2ccccc21. The van der Waals surface area contributed by atoms with Gasteiger partial charge in [0.1, 0.15) is 5.60 Å². The molecule has 0 heterocycles. The summed E-state index contributed by atoms with van der Waals surface area (Å²) in [5.41, 5.74) is 1.69. The number of nitrogens with one attached hydrogen (secondary N) is 1. The van der Waals surface area contributed by atoms with Gasteiger partial charge in [-0.2, -0.15) is 0 Å². The van der Waals surface area contributed by atoms with E-state index in [4.69, 9.17) is 4.74 Å². The second-order valence-corrected chi connectivity index (χ2v) is 6.67. The van der Waals surface area contributed by atoms with Crippen molar-refractivity contribution in [1.82, 2.24) is 5.32 Å². The molecule has 2 N–H and O–H groups in total. The standard InChI is InChI=1S/C17H23NO4/c1-17(2,3)22-16(21)18-10-14(15(19)20)13-9-8-11-6-4-5-7-12(11)13/h4-7,13-14H,8-10H2,1-3H3,(H,18,21)(H,19,20). The Bertz CT molecular complexity index is 562. The summed E-state index contributed by atoms with van der Waals surface area (Å²) in [7, 11) is 0. The molecule has 0 spiro atoms. The maximum Gasteiger partial charge on any atom is 0.407 e. The zero-order valence-electron chi connectivity index (χ0n) is 13.3. The van der Waals surface area contributed by atoms with Crippen LogP contribution in [0.15, 0.2) is 24.3 Å². The second kappa shape index (κ2) is 6.38. The molecule has 0 radical (unpaired) electrons. The number of hydrogen-bond acceptors (Lipinski definition) is 3. The Morgan fingerprint density at radius 1 is 1.36 bits per heavy atom. The van der Waals surface area contributed by atoms with Crippen LogP contribution >= 0.6 is 0 Å². The van der Waals surface area contributed by atoms with Crippen molar-refractivity contribution in [3.05, 3.63) is 35.4 Å². The molecule has 0 fully saturated rings. The first-order valence-corrected chi connectivity index (χ1v) is 7.55. The second-order valence-electron chi connectivity index (χ2n) is 6.67. The summed E-state index contributed by atoms with van der Waals surface area (Å²) in [6.45, 7) is 5.39. The molecule has 1 aromatic rings. The number of ether oxygens (including phenoxy) is 1. The first-order chi connectivity index (χ1) is 10.3. The topological polar surface area (TPSA) is 75.6 Å². The minimum absolute atomic E-state index is 0.0661. The Labute approximate surface area is 130 Å². The first kappa shape index (κ1) is 16.3. The number of benzene rings is 1. The van der Waals surface area contributed by atoms with E-state index in [0.29, 0.717) is 0 Å². The van der Waals surface area contributed by atoms with Crippen molar-refractivity contribution in [2.75, 3.05) is 6.54 Å². The molecule has 1 aromatic carbocycles. The number of carboxylic acid groups (broad SMARTS) is 1. The van der Waals surface area contributed by atoms with Crippen molar-refractivity contribution >= 4 is 12.1 Å². The van der Waals surface area contributed by atoms with Crippen LogP contribution in [0.3, 0.4) is 0 Å². The highest BCUT2D eigenvalue weighted by Gasteiger charge is 2.34. The van der Waals surface area contributed by atoms with E-state index in [-0.39, 0.29) is 12.5 Å². The number of alkyl carbamates (subject to hydrolysis) is 1. The molecule has 22 heavy (non-hydrogen) atoms. The van der Waals surface area contributed by atoms with Crippen LogP contribution in [0, 0.1) is 5.92 Å². The van der Waals surface area contributed by atoms with Crippen LogP contribution in [0.25, 0.3) is 0 Å². The van der Waals surface area contributed by atoms with Gasteiger partial charge in [0.2, 0.25) is 0 Å². The number of fused-ring (bicyclic) bond motifs is 1. The minimum atomic E-state index is -0.891. The summed E-state index contributed by atoms with van der Waals surface area (Å²) < 4.78 is 5.16. The molecular formula is C17H23NO4. The summed E-state index contributed by atoms with van der Waals surface area (Å²) in [6, 6.07) is 7.92. The van der Waals surface area contributed by atoms with Crippen molar-refractivity contribution in [2.24, 2.45) is 5.92 Å². The van der Waals surface area contributed by atoms with Crippen molar-refractivity contribution in [3.63, 3.8) is 0 Å². The molecule has 1 aliphatic rings. The predicted octanol–water partition coefficient (Wildman–Crippen LogP) is 2.94. The Kier molecular flexibility index (Phi) is 4.74. The number of rotatable bonds is 4. The van der Waals surface area contributed by atoms with Crippen LogP contribution in [-0.2, 0) is 16.0 Å². The zero-order valence-corrected chi connectivity index (χ0v) is 13.3. The molecule has 2 rings (SSSR count). The molecule has 0 saturated carbocycles. The molecule has 2 unspecified atom stereocenters. The summed E-state index contributed by atoms with van der Waals surface area (Å²) in [5.74, 6) is -1.60. The molecule has 0 bridgehead atoms. The smallest absolute Gasteiger partial charge is 0.407 e. The third-order valence-electron chi connectivity index (χ3n) is 3.85. The maximum absolute atomic E-state index is 11.7. The summed E-state index contributed by atoms with van der Waals surface area (Å²) in [5, 5.41) is 12.1. The van der Waals surface area contributed by atoms with Crippen LogP contribution in [0.4, 0.5) is 4.79 Å². The van der Waals surface area contributed by atoms with Gasteiger partial charge in [-0.05, 0) is 50.7 Å². The Morgan fingerprint density at radius 3 is 2.68 bits per heavy atom. The summed E-state index contributed by atoms with van der Waals surface area (Å²) in [6.07, 6.45) is 1.11. The van der Waals surface area contributed by atoms with Crippen LogP contribution in [0.5, 0.6) is 0 Å². The summed E-state index contributed by atoms with van der Waals surface area (Å²) in [4.78, 5) is 23.3. The van der Waals surface area contributed by atoms with E-state index in [0.717, 1.165) is 18.4 Å². The average molecular weight is 305 g/mol. The van der Waals surface area contributed by atoms with Gasteiger partial charge in [0.05, 0.1) is 5.92 Å². The molecule has 1 aliphatic carbocycles. The normalized spacial score (nSPS) is 18.4. The van der Waals surface area contributed by atoms with E-state index in [1.54, 1.807) is 20.8 Å². The lowest BCUT2D eigenvalue weighted by Crippen LogP contribution is -2.38. The molecule has 5 nitrogen and oxygen atoms in total. The molecule has 2 atom stereocenters. The number of hydrogen-bond donors (Lipinski definition) is 2. The lowest BCUT2D eigenvalue weighted by Gasteiger charge is -2.23. The van der Waals surface area contributed by atoms with Crippen molar-refractivity contribution in [2.45, 2.75) is 45.1 Å². The molecule has 0 saturated heterocycles. The minimum Gasteiger partial charge on any atom is -0.481 e. The highest BCUT2D eigenvalue weighted by atomic mass is 16.6. The van der Waals surface area contributed by atoms with Crippen LogP contribution in [0.1, 0.15) is 44.2 Å². The van der Waals surface area contributed by atoms with Gasteiger partial charge < -0.3 is 15.2 Å². The molecule has 0 aromatic heterocycles. The largest absolute Gasteiger partial charge is 0.481 e. The highest BCUT2D eigenvalue weighted by Crippen LogP contribution is 2.38. The Balaban J connectivity index is 2.03. The lowest BCUT2D eigenvalue weighted by molar-refractivity contribution is -0.142. The van der Waals surface area contributed by atoms with Gasteiger partial charge in [-0.3, -0.25) is 4.79 Å². The van der Waals surface area contributed by atoms with E-state index in [2.05, 4.69) is 5.32 Å². The molecule has 5 heteroatoms. The van der Waals surface area contributed by atoms with Gasteiger partial charge in [0.25, 0.3) is 0 Å². The predicted molar refractivity (Wildman–Crippen MR) is 82.9 cm³/mol. The number of aryl methyl sites for hydroxylation is 1. The van der Waals surface area contributed by atoms with E-state index in [1.807, 2.05) is 24.3 Å². The van der Waals surface area contributed by atoms with Gasteiger partial charge in [-0.1, -0.05) is 24.3 Å². The quantitative estimate of drug-likeness (QED) is 0.896. The Hall–Kier alpha value is -2.04. The molecule has 1 amide bonds. The number of amides is 1. The van der Waals surface area contributed by atoms with Crippen LogP contribution < -0.4 is 5.32 Å². The Morgan fingerprint density at radius 2 is 2.05 bits per heavy atom. The molecule has 0 aliphatic heterocycles. The zero-order chi connectivity index (χ0) is 16.3. The van der Waals surface area contributed by atoms with Crippen LogP contribution in [-0.4, -0.2) is 29.3 Å². The monoisotopic (exact) mass is 305 g/mol. The van der Waals surface area contributed by atoms with E-state index < -0.39 is 23.6 Å². The van der Waals surface area contributed by atoms with Crippen molar-refractivity contribution in [1.29, 1.82) is 0 Å². The fourth-order valence-corrected chi connectivity index (χ4v) is 2.92. The summed E-state index contributed by atoms with van der Waals surface area (Å²) >= 11 is 0. The maximum atomic E-state index is 11.7. The van der Waals surface area contributed by atoms with Gasteiger partial charge in [0.15, 0.2) is 0 Å². The number of carbonyl (C=O) groups excluding carboxylic acids is 1. The van der Waals surface area contributed by atoms with Gasteiger partial charge in [-0.15, -0.1) is 0 Å². The third kappa shape index (κ3) is 4.00. The molecule has 120 valence electrons. The number of aliphatic carboxylic acids is 1. The van der Waals surface area contributed by atoms with Crippen LogP contribution in [0.2, 0.25) is 0 Å². The van der Waals surface area contributed by atoms with Crippen molar-refractivity contribution < 1.29 is 19.4 Å². The lowest BCUT2D eigenvalue weighted by atomic mass is 9.87.